The minimum absolute atomic E-state index is 0.0922. The maximum atomic E-state index is 11.9. The average molecular weight is 259 g/mol. The molecule has 1 aliphatic carbocycles. The maximum absolute atomic E-state index is 11.9. The summed E-state index contributed by atoms with van der Waals surface area (Å²) >= 11 is 7.43. The van der Waals surface area contributed by atoms with Gasteiger partial charge in [0.15, 0.2) is 0 Å². The number of nitrogens with one attached hydrogen (secondary N) is 1. The molecule has 1 amide bonds. The summed E-state index contributed by atoms with van der Waals surface area (Å²) in [6.07, 6.45) is 2.33. The Balaban J connectivity index is 2.04. The normalized spacial score (nSPS) is 17.2. The molecule has 3 N–H and O–H groups in total. The second-order valence-electron chi connectivity index (χ2n) is 4.21. The lowest BCUT2D eigenvalue weighted by atomic mass is 10.2. The fraction of sp³-hybridized carbons (Fsp3) is 0.545. The summed E-state index contributed by atoms with van der Waals surface area (Å²) in [6.45, 7) is 2.40. The van der Waals surface area contributed by atoms with Crippen molar-refractivity contribution < 1.29 is 4.79 Å². The zero-order chi connectivity index (χ0) is 11.7. The zero-order valence-electron chi connectivity index (χ0n) is 9.13. The Morgan fingerprint density at radius 3 is 2.88 bits per heavy atom. The monoisotopic (exact) mass is 258 g/mol. The number of halogens is 1. The van der Waals surface area contributed by atoms with Gasteiger partial charge < -0.3 is 11.1 Å². The van der Waals surface area contributed by atoms with E-state index >= 15 is 0 Å². The largest absolute Gasteiger partial charge is 0.347 e. The van der Waals surface area contributed by atoms with Crippen LogP contribution in [0.3, 0.4) is 0 Å². The Hall–Kier alpha value is -0.580. The second kappa shape index (κ2) is 4.73. The van der Waals surface area contributed by atoms with E-state index in [1.54, 1.807) is 0 Å². The SMILES string of the molecule is Cc1csc(C(=O)NC(CN)C2CC2)c1Cl. The first kappa shape index (κ1) is 11.9. The van der Waals surface area contributed by atoms with Crippen LogP contribution in [0.25, 0.3) is 0 Å². The number of carbonyl (C=O) groups is 1. The van der Waals surface area contributed by atoms with Crippen molar-refractivity contribution in [2.75, 3.05) is 6.54 Å². The summed E-state index contributed by atoms with van der Waals surface area (Å²) in [4.78, 5) is 12.5. The molecule has 1 heterocycles. The van der Waals surface area contributed by atoms with Crippen molar-refractivity contribution in [1.82, 2.24) is 5.32 Å². The molecule has 0 radical (unpaired) electrons. The van der Waals surface area contributed by atoms with Gasteiger partial charge in [0.2, 0.25) is 0 Å². The van der Waals surface area contributed by atoms with Gasteiger partial charge in [-0.1, -0.05) is 11.6 Å². The van der Waals surface area contributed by atoms with Crippen molar-refractivity contribution in [3.8, 4) is 0 Å². The van der Waals surface area contributed by atoms with Crippen molar-refractivity contribution in [2.45, 2.75) is 25.8 Å². The van der Waals surface area contributed by atoms with E-state index in [1.165, 1.54) is 24.2 Å². The van der Waals surface area contributed by atoms with Gasteiger partial charge in [-0.25, -0.2) is 0 Å². The van der Waals surface area contributed by atoms with Gasteiger partial charge in [-0.15, -0.1) is 11.3 Å². The van der Waals surface area contributed by atoms with Crippen LogP contribution in [0.2, 0.25) is 5.02 Å². The van der Waals surface area contributed by atoms with Gasteiger partial charge in [0.25, 0.3) is 5.91 Å². The van der Waals surface area contributed by atoms with Crippen molar-refractivity contribution in [3.05, 3.63) is 20.8 Å². The van der Waals surface area contributed by atoms with Gasteiger partial charge in [-0.05, 0) is 36.6 Å². The molecule has 1 aliphatic rings. The molecule has 0 spiro atoms. The lowest BCUT2D eigenvalue weighted by Gasteiger charge is -2.15. The predicted octanol–water partition coefficient (Wildman–Crippen LogP) is 2.18. The maximum Gasteiger partial charge on any atom is 0.263 e. The van der Waals surface area contributed by atoms with Crippen LogP contribution in [0.4, 0.5) is 0 Å². The molecule has 0 aromatic carbocycles. The van der Waals surface area contributed by atoms with E-state index in [-0.39, 0.29) is 11.9 Å². The number of hydrogen-bond acceptors (Lipinski definition) is 3. The Morgan fingerprint density at radius 2 is 2.44 bits per heavy atom. The molecule has 16 heavy (non-hydrogen) atoms. The zero-order valence-corrected chi connectivity index (χ0v) is 10.7. The molecule has 1 saturated carbocycles. The topological polar surface area (TPSA) is 55.1 Å². The van der Waals surface area contributed by atoms with Crippen LogP contribution >= 0.6 is 22.9 Å². The van der Waals surface area contributed by atoms with Crippen LogP contribution in [0.15, 0.2) is 5.38 Å². The number of aryl methyl sites for hydroxylation is 1. The van der Waals surface area contributed by atoms with Crippen LogP contribution in [0.5, 0.6) is 0 Å². The minimum atomic E-state index is -0.0922. The highest BCUT2D eigenvalue weighted by Gasteiger charge is 2.32. The summed E-state index contributed by atoms with van der Waals surface area (Å²) in [6, 6.07) is 0.103. The van der Waals surface area contributed by atoms with E-state index < -0.39 is 0 Å². The molecule has 88 valence electrons. The third-order valence-electron chi connectivity index (χ3n) is 2.87. The quantitative estimate of drug-likeness (QED) is 0.870. The van der Waals surface area contributed by atoms with E-state index in [1.807, 2.05) is 12.3 Å². The number of hydrogen-bond donors (Lipinski definition) is 2. The molecule has 1 unspecified atom stereocenters. The minimum Gasteiger partial charge on any atom is -0.347 e. The van der Waals surface area contributed by atoms with Crippen LogP contribution in [-0.2, 0) is 0 Å². The lowest BCUT2D eigenvalue weighted by molar-refractivity contribution is 0.0937. The van der Waals surface area contributed by atoms with E-state index in [0.29, 0.717) is 22.4 Å². The molecule has 0 aliphatic heterocycles. The van der Waals surface area contributed by atoms with Gasteiger partial charge in [0.1, 0.15) is 4.88 Å². The summed E-state index contributed by atoms with van der Waals surface area (Å²) in [7, 11) is 0. The summed E-state index contributed by atoms with van der Waals surface area (Å²) in [5.74, 6) is 0.472. The standard InChI is InChI=1S/C11H15ClN2OS/c1-6-5-16-10(9(6)12)11(15)14-8(4-13)7-2-3-7/h5,7-8H,2-4,13H2,1H3,(H,14,15). The van der Waals surface area contributed by atoms with Gasteiger partial charge in [-0.3, -0.25) is 4.79 Å². The van der Waals surface area contributed by atoms with Gasteiger partial charge >= 0.3 is 0 Å². The first-order valence-electron chi connectivity index (χ1n) is 5.38. The smallest absolute Gasteiger partial charge is 0.263 e. The van der Waals surface area contributed by atoms with Crippen LogP contribution in [-0.4, -0.2) is 18.5 Å². The third-order valence-corrected chi connectivity index (χ3v) is 4.56. The van der Waals surface area contributed by atoms with Crippen molar-refractivity contribution in [1.29, 1.82) is 0 Å². The molecular formula is C11H15ClN2OS. The van der Waals surface area contributed by atoms with Crippen molar-refractivity contribution in [2.24, 2.45) is 11.7 Å². The highest BCUT2D eigenvalue weighted by Crippen LogP contribution is 2.33. The van der Waals surface area contributed by atoms with Gasteiger partial charge in [0, 0.05) is 12.6 Å². The first-order valence-corrected chi connectivity index (χ1v) is 6.63. The number of amides is 1. The van der Waals surface area contributed by atoms with E-state index in [4.69, 9.17) is 17.3 Å². The molecule has 5 heteroatoms. The molecule has 0 saturated heterocycles. The Kier molecular flexibility index (Phi) is 3.52. The van der Waals surface area contributed by atoms with Crippen LogP contribution < -0.4 is 11.1 Å². The fourth-order valence-electron chi connectivity index (χ4n) is 1.68. The van der Waals surface area contributed by atoms with Gasteiger partial charge in [0.05, 0.1) is 5.02 Å². The van der Waals surface area contributed by atoms with E-state index in [2.05, 4.69) is 5.32 Å². The van der Waals surface area contributed by atoms with Crippen LogP contribution in [0.1, 0.15) is 28.1 Å². The highest BCUT2D eigenvalue weighted by atomic mass is 35.5. The number of nitrogens with two attached hydrogens (primary N) is 1. The number of thiophene rings is 1. The fourth-order valence-corrected chi connectivity index (χ4v) is 2.87. The Morgan fingerprint density at radius 1 is 1.75 bits per heavy atom. The molecule has 1 aromatic heterocycles. The molecule has 1 atom stereocenters. The molecule has 1 aromatic rings. The van der Waals surface area contributed by atoms with E-state index in [0.717, 1.165) is 5.56 Å². The summed E-state index contributed by atoms with van der Waals surface area (Å²) < 4.78 is 0. The summed E-state index contributed by atoms with van der Waals surface area (Å²) in [5.41, 5.74) is 6.59. The molecule has 2 rings (SSSR count). The summed E-state index contributed by atoms with van der Waals surface area (Å²) in [5, 5.41) is 5.42. The van der Waals surface area contributed by atoms with Crippen LogP contribution in [0, 0.1) is 12.8 Å². The highest BCUT2D eigenvalue weighted by molar-refractivity contribution is 7.13. The molecular weight excluding hydrogens is 244 g/mol. The molecule has 0 bridgehead atoms. The van der Waals surface area contributed by atoms with E-state index in [9.17, 15) is 4.79 Å². The Bertz CT molecular complexity index is 401. The molecule has 3 nitrogen and oxygen atoms in total. The van der Waals surface area contributed by atoms with Crippen molar-refractivity contribution in [3.63, 3.8) is 0 Å². The first-order chi connectivity index (χ1) is 7.63. The lowest BCUT2D eigenvalue weighted by Crippen LogP contribution is -2.41. The predicted molar refractivity (Wildman–Crippen MR) is 67.1 cm³/mol. The second-order valence-corrected chi connectivity index (χ2v) is 5.47. The molecule has 1 fully saturated rings. The van der Waals surface area contributed by atoms with Crippen molar-refractivity contribution >= 4 is 28.8 Å². The average Bonchev–Trinajstić information content (AvgIpc) is 3.04. The number of rotatable bonds is 4. The van der Waals surface area contributed by atoms with Gasteiger partial charge in [-0.2, -0.15) is 0 Å². The number of carbonyl (C=O) groups excluding carboxylic acids is 1. The Labute approximate surface area is 104 Å². The third kappa shape index (κ3) is 2.39.